The maximum absolute atomic E-state index is 4.49. The molecule has 2 aliphatic carbocycles. The maximum atomic E-state index is 4.49. The van der Waals surface area contributed by atoms with E-state index >= 15 is 0 Å². The highest BCUT2D eigenvalue weighted by atomic mass is 15.2. The summed E-state index contributed by atoms with van der Waals surface area (Å²) in [5, 5.41) is 0. The third-order valence-corrected chi connectivity index (χ3v) is 9.88. The molecule has 7 nitrogen and oxygen atoms in total. The van der Waals surface area contributed by atoms with Crippen LogP contribution in [0.2, 0.25) is 0 Å². The Morgan fingerprint density at radius 2 is 1.46 bits per heavy atom. The van der Waals surface area contributed by atoms with E-state index in [-0.39, 0.29) is 0 Å². The van der Waals surface area contributed by atoms with Gasteiger partial charge in [0.05, 0.1) is 13.1 Å². The van der Waals surface area contributed by atoms with Gasteiger partial charge < -0.3 is 19.8 Å². The Hall–Kier alpha value is -1.70. The lowest BCUT2D eigenvalue weighted by Gasteiger charge is -2.42. The smallest absolute Gasteiger partial charge is 0.120 e. The molecule has 0 amide bonds. The lowest BCUT2D eigenvalue weighted by Crippen LogP contribution is -2.45. The first-order chi connectivity index (χ1) is 17.2. The first kappa shape index (κ1) is 23.7. The second kappa shape index (κ2) is 10.7. The zero-order chi connectivity index (χ0) is 23.5. The number of aromatic amines is 2. The van der Waals surface area contributed by atoms with E-state index in [1.165, 1.54) is 103 Å². The largest absolute Gasteiger partial charge is 0.348 e. The van der Waals surface area contributed by atoms with E-state index in [2.05, 4.69) is 34.6 Å². The van der Waals surface area contributed by atoms with Crippen molar-refractivity contribution in [3.8, 4) is 0 Å². The Labute approximate surface area is 211 Å². The summed E-state index contributed by atoms with van der Waals surface area (Å²) in [5.41, 5.74) is 0.634. The first-order valence-electron chi connectivity index (χ1n) is 14.4. The molecule has 0 radical (unpaired) electrons. The number of hydrogen-bond acceptors (Lipinski definition) is 5. The molecule has 1 spiro atoms. The van der Waals surface area contributed by atoms with Gasteiger partial charge in [0.2, 0.25) is 0 Å². The van der Waals surface area contributed by atoms with E-state index in [1.807, 2.05) is 24.8 Å². The fourth-order valence-corrected chi connectivity index (χ4v) is 7.75. The summed E-state index contributed by atoms with van der Waals surface area (Å²) in [4.78, 5) is 23.9. The summed E-state index contributed by atoms with van der Waals surface area (Å²) in [6, 6.07) is 1.53. The van der Waals surface area contributed by atoms with Crippen molar-refractivity contribution >= 4 is 0 Å². The minimum atomic E-state index is 0.617. The monoisotopic (exact) mass is 479 g/mol. The zero-order valence-corrected chi connectivity index (χ0v) is 21.5. The number of nitrogens with one attached hydrogen (secondary N) is 2. The van der Waals surface area contributed by atoms with Crippen molar-refractivity contribution in [2.45, 2.75) is 95.8 Å². The van der Waals surface area contributed by atoms with Crippen LogP contribution in [0, 0.1) is 11.3 Å². The van der Waals surface area contributed by atoms with Crippen molar-refractivity contribution in [3.05, 3.63) is 36.4 Å². The van der Waals surface area contributed by atoms with Crippen LogP contribution in [0.4, 0.5) is 0 Å². The minimum Gasteiger partial charge on any atom is -0.348 e. The zero-order valence-electron chi connectivity index (χ0n) is 21.5. The molecule has 2 N–H and O–H groups in total. The molecule has 2 aromatic heterocycles. The molecule has 4 fully saturated rings. The highest BCUT2D eigenvalue weighted by Gasteiger charge is 2.42. The summed E-state index contributed by atoms with van der Waals surface area (Å²) in [7, 11) is 0. The third-order valence-electron chi connectivity index (χ3n) is 9.88. The maximum Gasteiger partial charge on any atom is 0.120 e. The van der Waals surface area contributed by atoms with E-state index in [0.717, 1.165) is 36.7 Å². The van der Waals surface area contributed by atoms with Gasteiger partial charge in [0.15, 0.2) is 0 Å². The second-order valence-corrected chi connectivity index (χ2v) is 12.1. The van der Waals surface area contributed by atoms with Gasteiger partial charge in [-0.15, -0.1) is 0 Å². The fourth-order valence-electron chi connectivity index (χ4n) is 7.75. The molecule has 2 aromatic rings. The van der Waals surface area contributed by atoms with Crippen molar-refractivity contribution in [2.75, 3.05) is 32.7 Å². The van der Waals surface area contributed by atoms with Gasteiger partial charge in [0.25, 0.3) is 0 Å². The highest BCUT2D eigenvalue weighted by molar-refractivity contribution is 4.97. The average Bonchev–Trinajstić information content (AvgIpc) is 3.70. The molecule has 4 heterocycles. The summed E-state index contributed by atoms with van der Waals surface area (Å²) < 4.78 is 0. The third kappa shape index (κ3) is 5.67. The molecule has 2 saturated heterocycles. The van der Waals surface area contributed by atoms with Crippen LogP contribution in [-0.4, -0.2) is 79.4 Å². The van der Waals surface area contributed by atoms with Crippen LogP contribution in [0.15, 0.2) is 24.8 Å². The Kier molecular flexibility index (Phi) is 7.26. The Bertz CT molecular complexity index is 836. The van der Waals surface area contributed by atoms with E-state index in [4.69, 9.17) is 0 Å². The highest BCUT2D eigenvalue weighted by Crippen LogP contribution is 2.42. The molecule has 35 heavy (non-hydrogen) atoms. The number of piperidine rings is 1. The summed E-state index contributed by atoms with van der Waals surface area (Å²) >= 11 is 0. The van der Waals surface area contributed by atoms with Crippen molar-refractivity contribution in [1.29, 1.82) is 0 Å². The van der Waals surface area contributed by atoms with E-state index in [1.54, 1.807) is 0 Å². The summed E-state index contributed by atoms with van der Waals surface area (Å²) in [5.74, 6) is 2.98. The predicted octanol–water partition coefficient (Wildman–Crippen LogP) is 4.42. The fraction of sp³-hybridized carbons (Fsp3) is 0.786. The van der Waals surface area contributed by atoms with Gasteiger partial charge >= 0.3 is 0 Å². The molecule has 7 heteroatoms. The predicted molar refractivity (Wildman–Crippen MR) is 139 cm³/mol. The van der Waals surface area contributed by atoms with Crippen LogP contribution in [-0.2, 0) is 13.1 Å². The quantitative estimate of drug-likeness (QED) is 0.587. The van der Waals surface area contributed by atoms with E-state index < -0.39 is 0 Å². The van der Waals surface area contributed by atoms with Gasteiger partial charge in [-0.1, -0.05) is 12.8 Å². The van der Waals surface area contributed by atoms with Crippen LogP contribution in [0.5, 0.6) is 0 Å². The topological polar surface area (TPSA) is 67.1 Å². The molecule has 0 bridgehead atoms. The van der Waals surface area contributed by atoms with Crippen LogP contribution in [0.25, 0.3) is 0 Å². The molecule has 2 aliphatic heterocycles. The number of hydrogen-bond donors (Lipinski definition) is 2. The molecule has 0 aromatic carbocycles. The molecule has 0 unspecified atom stereocenters. The average molecular weight is 480 g/mol. The minimum absolute atomic E-state index is 0.617. The summed E-state index contributed by atoms with van der Waals surface area (Å²) in [6.45, 7) is 8.51. The SMILES string of the molecule is c1c[nH]c(CN(Cc2ncc[nH]2)[C@H]2CC[C@H](CN3CCC4(CCN(C5CCCC5)CC4)C3)CC2)n1. The van der Waals surface area contributed by atoms with Crippen molar-refractivity contribution in [1.82, 2.24) is 34.6 Å². The number of rotatable bonds is 8. The molecule has 6 rings (SSSR count). The van der Waals surface area contributed by atoms with Crippen LogP contribution in [0.3, 0.4) is 0 Å². The van der Waals surface area contributed by atoms with E-state index in [9.17, 15) is 0 Å². The molecule has 2 saturated carbocycles. The number of aromatic nitrogens is 4. The van der Waals surface area contributed by atoms with Gasteiger partial charge in [-0.2, -0.15) is 0 Å². The Balaban J connectivity index is 0.975. The number of H-pyrrole nitrogens is 2. The Morgan fingerprint density at radius 3 is 2.06 bits per heavy atom. The van der Waals surface area contributed by atoms with Gasteiger partial charge in [-0.05, 0) is 88.8 Å². The molecular formula is C28H45N7. The number of likely N-dealkylation sites (tertiary alicyclic amines) is 2. The van der Waals surface area contributed by atoms with Crippen molar-refractivity contribution in [2.24, 2.45) is 11.3 Å². The molecular weight excluding hydrogens is 434 g/mol. The number of nitrogens with zero attached hydrogens (tertiary/aromatic N) is 5. The second-order valence-electron chi connectivity index (χ2n) is 12.1. The molecule has 4 aliphatic rings. The van der Waals surface area contributed by atoms with Crippen LogP contribution in [0.1, 0.15) is 82.3 Å². The molecule has 192 valence electrons. The van der Waals surface area contributed by atoms with Gasteiger partial charge in [-0.25, -0.2) is 9.97 Å². The lowest BCUT2D eigenvalue weighted by atomic mass is 9.77. The van der Waals surface area contributed by atoms with Crippen molar-refractivity contribution in [3.63, 3.8) is 0 Å². The summed E-state index contributed by atoms with van der Waals surface area (Å²) in [6.07, 6.45) is 23.1. The standard InChI is InChI=1S/C28H45N7/c1-2-4-24(3-1)34-17-10-28(11-18-34)9-16-33(22-28)19-23-5-7-25(8-6-23)35(20-26-29-12-13-30-26)21-27-31-14-15-32-27/h12-15,23-25H,1-11,16-22H2,(H,29,30)(H,31,32)/t23-,25-. The van der Waals surface area contributed by atoms with Gasteiger partial charge in [0.1, 0.15) is 11.6 Å². The van der Waals surface area contributed by atoms with E-state index in [0.29, 0.717) is 11.5 Å². The first-order valence-corrected chi connectivity index (χ1v) is 14.4. The Morgan fingerprint density at radius 1 is 0.829 bits per heavy atom. The van der Waals surface area contributed by atoms with Crippen LogP contribution < -0.4 is 0 Å². The van der Waals surface area contributed by atoms with Crippen molar-refractivity contribution < 1.29 is 0 Å². The lowest BCUT2D eigenvalue weighted by molar-refractivity contribution is 0.0725. The molecule has 0 atom stereocenters. The van der Waals surface area contributed by atoms with Crippen LogP contribution >= 0.6 is 0 Å². The normalized spacial score (nSPS) is 28.5. The number of imidazole rings is 2. The van der Waals surface area contributed by atoms with Gasteiger partial charge in [0, 0.05) is 50.0 Å². The van der Waals surface area contributed by atoms with Gasteiger partial charge in [-0.3, -0.25) is 4.90 Å².